The summed E-state index contributed by atoms with van der Waals surface area (Å²) >= 11 is 0. The van der Waals surface area contributed by atoms with E-state index in [0.29, 0.717) is 32.7 Å². The zero-order chi connectivity index (χ0) is 19.6. The van der Waals surface area contributed by atoms with Crippen LogP contribution in [-0.4, -0.2) is 56.6 Å². The summed E-state index contributed by atoms with van der Waals surface area (Å²) in [5, 5.41) is 6.30. The van der Waals surface area contributed by atoms with E-state index in [1.165, 1.54) is 12.1 Å². The molecule has 0 spiro atoms. The Morgan fingerprint density at radius 2 is 2.04 bits per heavy atom. The molecule has 0 radical (unpaired) electrons. The second-order valence-electron chi connectivity index (χ2n) is 7.09. The molecule has 0 unspecified atom stereocenters. The van der Waals surface area contributed by atoms with Crippen LogP contribution in [-0.2, 0) is 20.9 Å². The van der Waals surface area contributed by atoms with E-state index in [9.17, 15) is 14.0 Å². The highest BCUT2D eigenvalue weighted by molar-refractivity contribution is 5.85. The van der Waals surface area contributed by atoms with E-state index < -0.39 is 0 Å². The molecule has 1 saturated heterocycles. The number of likely N-dealkylation sites (N-methyl/N-ethyl adjacent to an activating group) is 1. The van der Waals surface area contributed by atoms with E-state index in [1.54, 1.807) is 31.2 Å². The van der Waals surface area contributed by atoms with Gasteiger partial charge in [0.05, 0.1) is 6.61 Å². The fourth-order valence-electron chi connectivity index (χ4n) is 3.28. The molecule has 1 aromatic rings. The number of methoxy groups -OCH3 is 1. The van der Waals surface area contributed by atoms with Crippen LogP contribution in [0.1, 0.15) is 31.2 Å². The Kier molecular flexibility index (Phi) is 8.67. The third kappa shape index (κ3) is 7.27. The van der Waals surface area contributed by atoms with Crippen LogP contribution in [0, 0.1) is 11.7 Å². The van der Waals surface area contributed by atoms with Gasteiger partial charge in [-0.2, -0.15) is 0 Å². The Bertz CT molecular complexity index is 609. The molecule has 2 amide bonds. The van der Waals surface area contributed by atoms with Gasteiger partial charge in [0.2, 0.25) is 11.8 Å². The van der Waals surface area contributed by atoms with Crippen molar-refractivity contribution in [2.24, 2.45) is 5.92 Å². The first-order valence-corrected chi connectivity index (χ1v) is 9.48. The highest BCUT2D eigenvalue weighted by atomic mass is 19.1. The monoisotopic (exact) mass is 379 g/mol. The lowest BCUT2D eigenvalue weighted by molar-refractivity contribution is -0.135. The van der Waals surface area contributed by atoms with Crippen molar-refractivity contribution in [2.75, 3.05) is 33.9 Å². The van der Waals surface area contributed by atoms with Gasteiger partial charge in [-0.15, -0.1) is 0 Å². The average Bonchev–Trinajstić information content (AvgIpc) is 2.72. The molecule has 2 rings (SSSR count). The number of nitrogens with zero attached hydrogens (tertiary/aromatic N) is 1. The summed E-state index contributed by atoms with van der Waals surface area (Å²) in [4.78, 5) is 26.5. The van der Waals surface area contributed by atoms with Gasteiger partial charge in [-0.1, -0.05) is 18.6 Å². The normalized spacial score (nSPS) is 21.3. The van der Waals surface area contributed by atoms with Crippen molar-refractivity contribution in [3.05, 3.63) is 35.6 Å². The molecule has 6 nitrogen and oxygen atoms in total. The number of rotatable bonds is 7. The van der Waals surface area contributed by atoms with Crippen molar-refractivity contribution >= 4 is 11.8 Å². The minimum Gasteiger partial charge on any atom is -0.383 e. The molecule has 2 atom stereocenters. The highest BCUT2D eigenvalue weighted by Crippen LogP contribution is 2.19. The molecule has 1 fully saturated rings. The molecule has 0 bridgehead atoms. The Morgan fingerprint density at radius 1 is 1.30 bits per heavy atom. The number of nitrogens with one attached hydrogen (secondary N) is 2. The van der Waals surface area contributed by atoms with Gasteiger partial charge >= 0.3 is 0 Å². The van der Waals surface area contributed by atoms with Gasteiger partial charge < -0.3 is 20.3 Å². The van der Waals surface area contributed by atoms with Gasteiger partial charge in [-0.05, 0) is 30.5 Å². The molecule has 2 N–H and O–H groups in total. The quantitative estimate of drug-likeness (QED) is 0.708. The van der Waals surface area contributed by atoms with Gasteiger partial charge in [-0.3, -0.25) is 9.59 Å². The average molecular weight is 379 g/mol. The molecule has 1 aliphatic rings. The molecule has 1 heterocycles. The Hall–Kier alpha value is -1.99. The van der Waals surface area contributed by atoms with Crippen LogP contribution < -0.4 is 10.6 Å². The maximum atomic E-state index is 13.0. The van der Waals surface area contributed by atoms with Gasteiger partial charge in [0.25, 0.3) is 0 Å². The molecule has 27 heavy (non-hydrogen) atoms. The number of carbonyl (C=O) groups is 2. The number of hydrogen-bond acceptors (Lipinski definition) is 4. The van der Waals surface area contributed by atoms with Crippen molar-refractivity contribution in [1.82, 2.24) is 15.5 Å². The fraction of sp³-hybridized carbons (Fsp3) is 0.600. The molecular formula is C20H30FN3O3. The molecule has 1 aromatic carbocycles. The van der Waals surface area contributed by atoms with Crippen molar-refractivity contribution in [3.63, 3.8) is 0 Å². The summed E-state index contributed by atoms with van der Waals surface area (Å²) in [6, 6.07) is 6.55. The largest absolute Gasteiger partial charge is 0.383 e. The van der Waals surface area contributed by atoms with Gasteiger partial charge in [-0.25, -0.2) is 4.39 Å². The zero-order valence-corrected chi connectivity index (χ0v) is 16.2. The number of halogens is 1. The van der Waals surface area contributed by atoms with Crippen LogP contribution in [0.25, 0.3) is 0 Å². The smallest absolute Gasteiger partial charge is 0.223 e. The number of amides is 2. The van der Waals surface area contributed by atoms with Crippen LogP contribution >= 0.6 is 0 Å². The maximum Gasteiger partial charge on any atom is 0.223 e. The standard InChI is InChI=1S/C20H30FN3O3/c1-24-14-18(23-13-15-6-8-17(21)9-7-15)5-3-4-16(12-19(24)25)20(26)22-10-11-27-2/h6-9,16,18,23H,3-5,10-14H2,1-2H3,(H,22,26)/t16-,18-/m1/s1. The summed E-state index contributed by atoms with van der Waals surface area (Å²) < 4.78 is 18.0. The Labute approximate surface area is 160 Å². The molecule has 0 saturated carbocycles. The molecule has 1 aliphatic heterocycles. The van der Waals surface area contributed by atoms with Gasteiger partial charge in [0, 0.05) is 52.2 Å². The molecular weight excluding hydrogens is 349 g/mol. The zero-order valence-electron chi connectivity index (χ0n) is 16.2. The third-order valence-corrected chi connectivity index (χ3v) is 4.93. The number of carbonyl (C=O) groups excluding carboxylic acids is 2. The lowest BCUT2D eigenvalue weighted by Crippen LogP contribution is -2.42. The molecule has 150 valence electrons. The second-order valence-corrected chi connectivity index (χ2v) is 7.09. The minimum absolute atomic E-state index is 0.0163. The topological polar surface area (TPSA) is 70.7 Å². The van der Waals surface area contributed by atoms with Crippen LogP contribution in [0.5, 0.6) is 0 Å². The summed E-state index contributed by atoms with van der Waals surface area (Å²) in [7, 11) is 3.36. The molecule has 0 aromatic heterocycles. The van der Waals surface area contributed by atoms with E-state index in [4.69, 9.17) is 4.74 Å². The van der Waals surface area contributed by atoms with E-state index in [1.807, 2.05) is 0 Å². The first-order valence-electron chi connectivity index (χ1n) is 9.48. The van der Waals surface area contributed by atoms with Crippen LogP contribution in [0.15, 0.2) is 24.3 Å². The van der Waals surface area contributed by atoms with Crippen molar-refractivity contribution < 1.29 is 18.7 Å². The molecule has 0 aliphatic carbocycles. The second kappa shape index (κ2) is 11.0. The van der Waals surface area contributed by atoms with E-state index in [0.717, 1.165) is 18.4 Å². The Balaban J connectivity index is 1.90. The summed E-state index contributed by atoms with van der Waals surface area (Å²) in [6.07, 6.45) is 2.67. The van der Waals surface area contributed by atoms with Crippen molar-refractivity contribution in [2.45, 2.75) is 38.3 Å². The third-order valence-electron chi connectivity index (χ3n) is 4.93. The van der Waals surface area contributed by atoms with Crippen molar-refractivity contribution in [1.29, 1.82) is 0 Å². The van der Waals surface area contributed by atoms with E-state index in [-0.39, 0.29) is 36.0 Å². The van der Waals surface area contributed by atoms with Gasteiger partial charge in [0.15, 0.2) is 0 Å². The SMILES string of the molecule is COCCNC(=O)[C@@H]1CCC[C@@H](NCc2ccc(F)cc2)CN(C)C(=O)C1. The van der Waals surface area contributed by atoms with Crippen LogP contribution in [0.3, 0.4) is 0 Å². The summed E-state index contributed by atoms with van der Waals surface area (Å²) in [5.41, 5.74) is 1.00. The van der Waals surface area contributed by atoms with E-state index in [2.05, 4.69) is 10.6 Å². The fourth-order valence-corrected chi connectivity index (χ4v) is 3.28. The number of hydrogen-bond donors (Lipinski definition) is 2. The van der Waals surface area contributed by atoms with E-state index >= 15 is 0 Å². The minimum atomic E-state index is -0.298. The summed E-state index contributed by atoms with van der Waals surface area (Å²) in [6.45, 7) is 2.13. The lowest BCUT2D eigenvalue weighted by Gasteiger charge is -2.24. The lowest BCUT2D eigenvalue weighted by atomic mass is 9.96. The maximum absolute atomic E-state index is 13.0. The predicted molar refractivity (Wildman–Crippen MR) is 102 cm³/mol. The van der Waals surface area contributed by atoms with Crippen LogP contribution in [0.4, 0.5) is 4.39 Å². The highest BCUT2D eigenvalue weighted by Gasteiger charge is 2.26. The first-order chi connectivity index (χ1) is 13.0. The van der Waals surface area contributed by atoms with Gasteiger partial charge in [0.1, 0.15) is 5.82 Å². The van der Waals surface area contributed by atoms with Crippen molar-refractivity contribution in [3.8, 4) is 0 Å². The van der Waals surface area contributed by atoms with Crippen LogP contribution in [0.2, 0.25) is 0 Å². The predicted octanol–water partition coefficient (Wildman–Crippen LogP) is 1.70. The number of benzene rings is 1. The molecule has 7 heteroatoms. The summed E-state index contributed by atoms with van der Waals surface area (Å²) in [5.74, 6) is -0.641. The Morgan fingerprint density at radius 3 is 2.74 bits per heavy atom. The number of ether oxygens (including phenoxy) is 1. The first kappa shape index (κ1) is 21.3.